The van der Waals surface area contributed by atoms with Gasteiger partial charge in [0.15, 0.2) is 5.76 Å². The summed E-state index contributed by atoms with van der Waals surface area (Å²) in [5, 5.41) is 19.1. The summed E-state index contributed by atoms with van der Waals surface area (Å²) in [5.41, 5.74) is 5.99. The van der Waals surface area contributed by atoms with Crippen molar-refractivity contribution in [3.05, 3.63) is 71.5 Å². The molecule has 1 aromatic carbocycles. The predicted octanol–water partition coefficient (Wildman–Crippen LogP) is 4.40. The fourth-order valence-corrected chi connectivity index (χ4v) is 5.44. The van der Waals surface area contributed by atoms with E-state index in [-0.39, 0.29) is 23.3 Å². The number of ketones is 1. The summed E-state index contributed by atoms with van der Waals surface area (Å²) in [7, 11) is 0. The highest BCUT2D eigenvalue weighted by atomic mass is 16.4. The SMILES string of the molecule is N=C(N)c1ccc2c(C(=O)c3c[nH]c(C(C(=O)O)C4(C5CCCCC5)C=CC=N4)c3)occ2c1. The van der Waals surface area contributed by atoms with Crippen molar-refractivity contribution >= 4 is 34.6 Å². The molecule has 34 heavy (non-hydrogen) atoms. The summed E-state index contributed by atoms with van der Waals surface area (Å²) in [5.74, 6) is -2.04. The summed E-state index contributed by atoms with van der Waals surface area (Å²) >= 11 is 0. The van der Waals surface area contributed by atoms with E-state index in [0.717, 1.165) is 32.1 Å². The van der Waals surface area contributed by atoms with Gasteiger partial charge in [0.25, 0.3) is 0 Å². The molecule has 3 aromatic rings. The molecule has 1 saturated carbocycles. The first-order chi connectivity index (χ1) is 16.4. The molecule has 0 spiro atoms. The van der Waals surface area contributed by atoms with E-state index in [1.807, 2.05) is 12.2 Å². The molecule has 0 amide bonds. The molecule has 0 bridgehead atoms. The number of hydrogen-bond donors (Lipinski definition) is 4. The van der Waals surface area contributed by atoms with Crippen LogP contribution >= 0.6 is 0 Å². The summed E-state index contributed by atoms with van der Waals surface area (Å²) < 4.78 is 5.57. The molecule has 8 nitrogen and oxygen atoms in total. The lowest BCUT2D eigenvalue weighted by Gasteiger charge is -2.39. The number of benzene rings is 1. The van der Waals surface area contributed by atoms with E-state index in [9.17, 15) is 14.7 Å². The molecular weight excluding hydrogens is 432 g/mol. The summed E-state index contributed by atoms with van der Waals surface area (Å²) in [4.78, 5) is 33.6. The fourth-order valence-electron chi connectivity index (χ4n) is 5.44. The Balaban J connectivity index is 1.49. The number of aromatic amines is 1. The average Bonchev–Trinajstić information content (AvgIpc) is 3.59. The third-order valence-electron chi connectivity index (χ3n) is 7.11. The molecule has 2 aliphatic rings. The normalized spacial score (nSPS) is 21.2. The van der Waals surface area contributed by atoms with Crippen LogP contribution in [-0.2, 0) is 4.79 Å². The number of rotatable bonds is 7. The van der Waals surface area contributed by atoms with Gasteiger partial charge in [0.2, 0.25) is 5.78 Å². The maximum atomic E-state index is 13.3. The first kappa shape index (κ1) is 21.9. The van der Waals surface area contributed by atoms with Gasteiger partial charge in [-0.3, -0.25) is 20.0 Å². The number of H-pyrrole nitrogens is 1. The highest BCUT2D eigenvalue weighted by molar-refractivity contribution is 6.15. The Morgan fingerprint density at radius 3 is 2.68 bits per heavy atom. The van der Waals surface area contributed by atoms with Crippen LogP contribution in [-0.4, -0.2) is 39.4 Å². The largest absolute Gasteiger partial charge is 0.481 e. The van der Waals surface area contributed by atoms with Crippen molar-refractivity contribution in [2.24, 2.45) is 16.6 Å². The predicted molar refractivity (Wildman–Crippen MR) is 129 cm³/mol. The number of carbonyl (C=O) groups excluding carboxylic acids is 1. The van der Waals surface area contributed by atoms with Gasteiger partial charge in [-0.1, -0.05) is 31.4 Å². The molecule has 5 rings (SSSR count). The van der Waals surface area contributed by atoms with Gasteiger partial charge in [0.05, 0.1) is 6.26 Å². The summed E-state index contributed by atoms with van der Waals surface area (Å²) in [6.07, 6.45) is 13.5. The van der Waals surface area contributed by atoms with Crippen LogP contribution in [0.3, 0.4) is 0 Å². The van der Waals surface area contributed by atoms with E-state index in [1.54, 1.807) is 30.5 Å². The lowest BCUT2D eigenvalue weighted by molar-refractivity contribution is -0.140. The number of carboxylic acids is 1. The van der Waals surface area contributed by atoms with E-state index < -0.39 is 17.4 Å². The van der Waals surface area contributed by atoms with Crippen LogP contribution < -0.4 is 5.73 Å². The van der Waals surface area contributed by atoms with E-state index in [2.05, 4.69) is 9.98 Å². The fraction of sp³-hybridized carbons (Fsp3) is 0.308. The van der Waals surface area contributed by atoms with E-state index in [0.29, 0.717) is 27.6 Å². The Morgan fingerprint density at radius 1 is 1.21 bits per heavy atom. The lowest BCUT2D eigenvalue weighted by atomic mass is 9.67. The summed E-state index contributed by atoms with van der Waals surface area (Å²) in [6.45, 7) is 0. The minimum absolute atomic E-state index is 0.0681. The smallest absolute Gasteiger partial charge is 0.315 e. The van der Waals surface area contributed by atoms with Gasteiger partial charge in [-0.25, -0.2) is 0 Å². The van der Waals surface area contributed by atoms with E-state index in [4.69, 9.17) is 15.6 Å². The van der Waals surface area contributed by atoms with Crippen LogP contribution in [0.25, 0.3) is 10.8 Å². The number of nitrogens with one attached hydrogen (secondary N) is 2. The van der Waals surface area contributed by atoms with Crippen molar-refractivity contribution in [2.75, 3.05) is 0 Å². The first-order valence-corrected chi connectivity index (χ1v) is 11.5. The van der Waals surface area contributed by atoms with Crippen LogP contribution in [0.5, 0.6) is 0 Å². The molecule has 0 saturated heterocycles. The lowest BCUT2D eigenvalue weighted by Crippen LogP contribution is -2.44. The van der Waals surface area contributed by atoms with Gasteiger partial charge in [-0.15, -0.1) is 0 Å². The maximum absolute atomic E-state index is 13.3. The standard InChI is InChI=1S/C26H26N4O4/c27-24(28)15-7-8-19-17(11-15)14-34-23(19)22(31)16-12-20(29-13-16)21(25(32)33)26(9-4-10-30-26)18-5-2-1-3-6-18/h4,7-14,18,21,29H,1-3,5-6H2,(H3,27,28)(H,32,33). The zero-order valence-corrected chi connectivity index (χ0v) is 18.6. The van der Waals surface area contributed by atoms with Crippen LogP contribution in [0, 0.1) is 11.3 Å². The number of aliphatic carboxylic acids is 1. The van der Waals surface area contributed by atoms with Gasteiger partial charge in [0, 0.05) is 40.0 Å². The third-order valence-corrected chi connectivity index (χ3v) is 7.11. The summed E-state index contributed by atoms with van der Waals surface area (Å²) in [6, 6.07) is 6.66. The Bertz CT molecular complexity index is 1330. The van der Waals surface area contributed by atoms with Crippen LogP contribution in [0.15, 0.2) is 58.3 Å². The Labute approximate surface area is 196 Å². The molecule has 8 heteroatoms. The van der Waals surface area contributed by atoms with Gasteiger partial charge in [-0.05, 0) is 43.0 Å². The maximum Gasteiger partial charge on any atom is 0.315 e. The minimum atomic E-state index is -0.977. The van der Waals surface area contributed by atoms with Crippen LogP contribution in [0.4, 0.5) is 0 Å². The second-order valence-electron chi connectivity index (χ2n) is 9.08. The van der Waals surface area contributed by atoms with Gasteiger partial charge < -0.3 is 20.2 Å². The minimum Gasteiger partial charge on any atom is -0.481 e. The van der Waals surface area contributed by atoms with Crippen LogP contribution in [0.1, 0.15) is 65.4 Å². The molecule has 1 fully saturated rings. The average molecular weight is 459 g/mol. The number of furan rings is 1. The van der Waals surface area contributed by atoms with Crippen molar-refractivity contribution in [3.63, 3.8) is 0 Å². The van der Waals surface area contributed by atoms with Crippen molar-refractivity contribution in [3.8, 4) is 0 Å². The van der Waals surface area contributed by atoms with Crippen molar-refractivity contribution in [2.45, 2.75) is 43.6 Å². The number of carboxylic acid groups (broad SMARTS) is 1. The molecule has 2 atom stereocenters. The van der Waals surface area contributed by atoms with Crippen molar-refractivity contribution in [1.29, 1.82) is 5.41 Å². The highest BCUT2D eigenvalue weighted by Crippen LogP contribution is 2.46. The van der Waals surface area contributed by atoms with Gasteiger partial charge in [-0.2, -0.15) is 0 Å². The Morgan fingerprint density at radius 2 is 2.00 bits per heavy atom. The van der Waals surface area contributed by atoms with Crippen molar-refractivity contribution < 1.29 is 19.1 Å². The van der Waals surface area contributed by atoms with Gasteiger partial charge in [0.1, 0.15) is 17.3 Å². The quantitative estimate of drug-likeness (QED) is 0.235. The second-order valence-corrected chi connectivity index (χ2v) is 9.08. The topological polar surface area (TPSA) is 146 Å². The molecule has 174 valence electrons. The number of aromatic nitrogens is 1. The zero-order chi connectivity index (χ0) is 23.9. The number of nitrogens with two attached hydrogens (primary N) is 1. The molecule has 5 N–H and O–H groups in total. The molecular formula is C26H26N4O4. The Hall–Kier alpha value is -3.94. The second kappa shape index (κ2) is 8.44. The molecule has 0 radical (unpaired) electrons. The number of fused-ring (bicyclic) bond motifs is 1. The van der Waals surface area contributed by atoms with E-state index >= 15 is 0 Å². The third kappa shape index (κ3) is 3.55. The number of amidine groups is 1. The number of aliphatic imine (C=N–C) groups is 1. The van der Waals surface area contributed by atoms with Crippen molar-refractivity contribution in [1.82, 2.24) is 4.98 Å². The number of allylic oxidation sites excluding steroid dienone is 1. The number of carbonyl (C=O) groups is 2. The first-order valence-electron chi connectivity index (χ1n) is 11.5. The van der Waals surface area contributed by atoms with E-state index in [1.165, 1.54) is 12.5 Å². The highest BCUT2D eigenvalue weighted by Gasteiger charge is 2.49. The monoisotopic (exact) mass is 458 g/mol. The number of nitrogens with zero attached hydrogens (tertiary/aromatic N) is 1. The number of hydrogen-bond acceptors (Lipinski definition) is 5. The number of nitrogen functional groups attached to an aromatic ring is 1. The molecule has 1 aliphatic heterocycles. The zero-order valence-electron chi connectivity index (χ0n) is 18.6. The van der Waals surface area contributed by atoms with Gasteiger partial charge >= 0.3 is 5.97 Å². The van der Waals surface area contributed by atoms with Crippen LogP contribution in [0.2, 0.25) is 0 Å². The molecule has 1 aliphatic carbocycles. The molecule has 2 aromatic heterocycles. The molecule has 2 unspecified atom stereocenters. The molecule has 3 heterocycles. The Kier molecular flexibility index (Phi) is 5.43.